The van der Waals surface area contributed by atoms with E-state index in [1.54, 1.807) is 7.11 Å². The Hall–Kier alpha value is -2.38. The molecule has 2 atom stereocenters. The van der Waals surface area contributed by atoms with Crippen molar-refractivity contribution in [2.45, 2.75) is 19.3 Å². The van der Waals surface area contributed by atoms with E-state index in [-0.39, 0.29) is 0 Å². The van der Waals surface area contributed by atoms with Gasteiger partial charge >= 0.3 is 0 Å². The van der Waals surface area contributed by atoms with Crippen molar-refractivity contribution in [3.05, 3.63) is 36.0 Å². The maximum absolute atomic E-state index is 12.9. The van der Waals surface area contributed by atoms with Crippen molar-refractivity contribution in [1.29, 1.82) is 0 Å². The molecule has 1 amide bonds. The van der Waals surface area contributed by atoms with E-state index in [1.165, 1.54) is 0 Å². The molecule has 3 heterocycles. The summed E-state index contributed by atoms with van der Waals surface area (Å²) in [5.74, 6) is 2.67. The molecular formula is C23H32N4O3. The topological polar surface area (TPSA) is 70.8 Å². The molecule has 2 unspecified atom stereocenters. The monoisotopic (exact) mass is 412 g/mol. The van der Waals surface area contributed by atoms with Crippen LogP contribution in [0.4, 0.5) is 0 Å². The van der Waals surface area contributed by atoms with Gasteiger partial charge in [0, 0.05) is 44.2 Å². The third kappa shape index (κ3) is 5.02. The third-order valence-corrected chi connectivity index (χ3v) is 6.46. The van der Waals surface area contributed by atoms with E-state index in [0.29, 0.717) is 24.2 Å². The number of hydrogen-bond acceptors (Lipinski definition) is 6. The van der Waals surface area contributed by atoms with Crippen LogP contribution in [0.2, 0.25) is 0 Å². The molecule has 0 bridgehead atoms. The fraction of sp³-hybridized carbons (Fsp3) is 0.565. The van der Waals surface area contributed by atoms with Crippen LogP contribution in [0, 0.1) is 11.8 Å². The molecule has 1 N–H and O–H groups in total. The summed E-state index contributed by atoms with van der Waals surface area (Å²) < 4.78 is 10.8. The molecular weight excluding hydrogens is 380 g/mol. The standard InChI is InChI=1S/C23H32N4O3/c1-26-9-11-27(12-10-26)23(28)14-18-7-8-24-16-19(18)13-20-15-22(30-25-20)17-3-5-21(29-2)6-4-17/h3-6,15,18-19,24H,7-14,16H2,1-2H3. The van der Waals surface area contributed by atoms with Crippen molar-refractivity contribution in [3.63, 3.8) is 0 Å². The number of carbonyl (C=O) groups excluding carboxylic acids is 1. The molecule has 4 rings (SSSR count). The highest BCUT2D eigenvalue weighted by Crippen LogP contribution is 2.29. The van der Waals surface area contributed by atoms with Crippen LogP contribution in [0.15, 0.2) is 34.9 Å². The van der Waals surface area contributed by atoms with Crippen LogP contribution in [0.3, 0.4) is 0 Å². The summed E-state index contributed by atoms with van der Waals surface area (Å²) in [4.78, 5) is 17.2. The van der Waals surface area contributed by atoms with Gasteiger partial charge in [-0.15, -0.1) is 0 Å². The number of likely N-dealkylation sites (N-methyl/N-ethyl adjacent to an activating group) is 1. The van der Waals surface area contributed by atoms with Crippen LogP contribution in [-0.2, 0) is 11.2 Å². The van der Waals surface area contributed by atoms with Gasteiger partial charge in [-0.25, -0.2) is 0 Å². The number of nitrogens with one attached hydrogen (secondary N) is 1. The molecule has 1 aromatic heterocycles. The minimum atomic E-state index is 0.305. The van der Waals surface area contributed by atoms with Gasteiger partial charge in [0.15, 0.2) is 5.76 Å². The van der Waals surface area contributed by atoms with Gasteiger partial charge in [0.25, 0.3) is 0 Å². The van der Waals surface area contributed by atoms with Gasteiger partial charge in [-0.05, 0) is 69.1 Å². The van der Waals surface area contributed by atoms with Gasteiger partial charge in [0.2, 0.25) is 5.91 Å². The number of methoxy groups -OCH3 is 1. The summed E-state index contributed by atoms with van der Waals surface area (Å²) in [5, 5.41) is 7.80. The summed E-state index contributed by atoms with van der Waals surface area (Å²) in [7, 11) is 3.77. The van der Waals surface area contributed by atoms with Gasteiger partial charge in [0.05, 0.1) is 12.8 Å². The van der Waals surface area contributed by atoms with Gasteiger partial charge in [-0.3, -0.25) is 4.79 Å². The summed E-state index contributed by atoms with van der Waals surface area (Å²) in [5.41, 5.74) is 1.93. The van der Waals surface area contributed by atoms with Gasteiger partial charge in [-0.2, -0.15) is 0 Å². The zero-order valence-electron chi connectivity index (χ0n) is 18.0. The molecule has 2 aromatic rings. The molecule has 30 heavy (non-hydrogen) atoms. The predicted octanol–water partition coefficient (Wildman–Crippen LogP) is 2.28. The Balaban J connectivity index is 1.37. The molecule has 1 aromatic carbocycles. The lowest BCUT2D eigenvalue weighted by molar-refractivity contribution is -0.134. The number of rotatable bonds is 6. The quantitative estimate of drug-likeness (QED) is 0.785. The Morgan fingerprint density at radius 3 is 2.70 bits per heavy atom. The first-order chi connectivity index (χ1) is 14.6. The first-order valence-electron chi connectivity index (χ1n) is 10.9. The second-order valence-electron chi connectivity index (χ2n) is 8.52. The maximum atomic E-state index is 12.9. The van der Waals surface area contributed by atoms with Crippen LogP contribution in [0.25, 0.3) is 11.3 Å². The van der Waals surface area contributed by atoms with Crippen molar-refractivity contribution in [2.75, 3.05) is 53.4 Å². The number of benzene rings is 1. The molecule has 2 fully saturated rings. The second-order valence-corrected chi connectivity index (χ2v) is 8.52. The highest BCUT2D eigenvalue weighted by Gasteiger charge is 2.30. The number of amides is 1. The average molecular weight is 413 g/mol. The van der Waals surface area contributed by atoms with Crippen LogP contribution in [0.5, 0.6) is 5.75 Å². The van der Waals surface area contributed by atoms with Gasteiger partial charge < -0.3 is 24.4 Å². The summed E-state index contributed by atoms with van der Waals surface area (Å²) in [6.07, 6.45) is 2.50. The Morgan fingerprint density at radius 1 is 1.20 bits per heavy atom. The molecule has 0 spiro atoms. The molecule has 0 radical (unpaired) electrons. The number of hydrogen-bond donors (Lipinski definition) is 1. The number of piperidine rings is 1. The van der Waals surface area contributed by atoms with Crippen LogP contribution in [0.1, 0.15) is 18.5 Å². The highest BCUT2D eigenvalue weighted by molar-refractivity contribution is 5.76. The molecule has 0 aliphatic carbocycles. The Kier molecular flexibility index (Phi) is 6.69. The smallest absolute Gasteiger partial charge is 0.222 e. The molecule has 2 aliphatic rings. The fourth-order valence-electron chi connectivity index (χ4n) is 4.46. The number of piperazine rings is 1. The fourth-order valence-corrected chi connectivity index (χ4v) is 4.46. The summed E-state index contributed by atoms with van der Waals surface area (Å²) >= 11 is 0. The van der Waals surface area contributed by atoms with Crippen LogP contribution < -0.4 is 10.1 Å². The van der Waals surface area contributed by atoms with Gasteiger partial charge in [0.1, 0.15) is 5.75 Å². The van der Waals surface area contributed by atoms with Crippen molar-refractivity contribution in [3.8, 4) is 17.1 Å². The largest absolute Gasteiger partial charge is 0.497 e. The Bertz CT molecular complexity index is 827. The average Bonchev–Trinajstić information content (AvgIpc) is 3.24. The van der Waals surface area contributed by atoms with E-state index >= 15 is 0 Å². The van der Waals surface area contributed by atoms with Gasteiger partial charge in [-0.1, -0.05) is 5.16 Å². The van der Waals surface area contributed by atoms with Crippen molar-refractivity contribution >= 4 is 5.91 Å². The zero-order chi connectivity index (χ0) is 20.9. The predicted molar refractivity (Wildman–Crippen MR) is 115 cm³/mol. The molecule has 162 valence electrons. The summed E-state index contributed by atoms with van der Waals surface area (Å²) in [6, 6.07) is 9.81. The highest BCUT2D eigenvalue weighted by atomic mass is 16.5. The van der Waals surface area contributed by atoms with E-state index in [1.807, 2.05) is 35.2 Å². The molecule has 0 saturated carbocycles. The van der Waals surface area contributed by atoms with E-state index in [9.17, 15) is 4.79 Å². The van der Waals surface area contributed by atoms with Crippen molar-refractivity contribution < 1.29 is 14.1 Å². The third-order valence-electron chi connectivity index (χ3n) is 6.46. The maximum Gasteiger partial charge on any atom is 0.222 e. The van der Waals surface area contributed by atoms with E-state index in [0.717, 1.165) is 74.9 Å². The number of aromatic nitrogens is 1. The summed E-state index contributed by atoms with van der Waals surface area (Å²) in [6.45, 7) is 5.53. The molecule has 2 saturated heterocycles. The normalized spacial score (nSPS) is 22.8. The van der Waals surface area contributed by atoms with Crippen LogP contribution in [-0.4, -0.2) is 74.3 Å². The molecule has 7 nitrogen and oxygen atoms in total. The van der Waals surface area contributed by atoms with E-state index in [4.69, 9.17) is 9.26 Å². The van der Waals surface area contributed by atoms with Crippen molar-refractivity contribution in [2.24, 2.45) is 11.8 Å². The minimum Gasteiger partial charge on any atom is -0.497 e. The SMILES string of the molecule is COc1ccc(-c2cc(CC3CNCCC3CC(=O)N3CCN(C)CC3)no2)cc1. The number of nitrogens with zero attached hydrogens (tertiary/aromatic N) is 3. The number of carbonyl (C=O) groups is 1. The lowest BCUT2D eigenvalue weighted by Crippen LogP contribution is -2.48. The molecule has 7 heteroatoms. The van der Waals surface area contributed by atoms with E-state index in [2.05, 4.69) is 22.4 Å². The van der Waals surface area contributed by atoms with E-state index < -0.39 is 0 Å². The Morgan fingerprint density at radius 2 is 1.97 bits per heavy atom. The lowest BCUT2D eigenvalue weighted by Gasteiger charge is -2.36. The molecule has 2 aliphatic heterocycles. The first-order valence-corrected chi connectivity index (χ1v) is 10.9. The second kappa shape index (κ2) is 9.62. The van der Waals surface area contributed by atoms with Crippen LogP contribution >= 0.6 is 0 Å². The number of ether oxygens (including phenoxy) is 1. The Labute approximate surface area is 178 Å². The zero-order valence-corrected chi connectivity index (χ0v) is 18.0. The lowest BCUT2D eigenvalue weighted by atomic mass is 9.81. The van der Waals surface area contributed by atoms with Crippen molar-refractivity contribution in [1.82, 2.24) is 20.3 Å². The first kappa shape index (κ1) is 20.9. The minimum absolute atomic E-state index is 0.305.